The second-order valence-corrected chi connectivity index (χ2v) is 3.61. The fraction of sp³-hybridized carbons (Fsp3) is 1.00. The van der Waals surface area contributed by atoms with Gasteiger partial charge in [0.15, 0.2) is 5.79 Å². The minimum Gasteiger partial charge on any atom is -0.394 e. The molecular weight excluding hydrogens is 176 g/mol. The maximum Gasteiger partial charge on any atom is 0.163 e. The third kappa shape index (κ3) is 2.62. The van der Waals surface area contributed by atoms with E-state index in [0.29, 0.717) is 0 Å². The van der Waals surface area contributed by atoms with Crippen LogP contribution >= 0.6 is 0 Å². The summed E-state index contributed by atoms with van der Waals surface area (Å²) in [5.74, 6) is -0.721. The Kier molecular flexibility index (Phi) is 3.26. The third-order valence-electron chi connectivity index (χ3n) is 1.99. The fourth-order valence-corrected chi connectivity index (χ4v) is 1.24. The molecule has 0 aliphatic carbocycles. The molecular formula is C8H16O5. The molecule has 13 heavy (non-hydrogen) atoms. The molecule has 0 unspecified atom stereocenters. The number of hydrogen-bond acceptors (Lipinski definition) is 5. The lowest BCUT2D eigenvalue weighted by Gasteiger charge is -2.22. The maximum absolute atomic E-state index is 9.43. The fourth-order valence-electron chi connectivity index (χ4n) is 1.24. The Morgan fingerprint density at radius 2 is 2.08 bits per heavy atom. The van der Waals surface area contributed by atoms with Crippen molar-refractivity contribution in [2.75, 3.05) is 13.2 Å². The zero-order chi connectivity index (χ0) is 10.1. The first kappa shape index (κ1) is 10.9. The summed E-state index contributed by atoms with van der Waals surface area (Å²) in [6, 6.07) is 0. The van der Waals surface area contributed by atoms with Crippen LogP contribution in [0.25, 0.3) is 0 Å². The molecule has 78 valence electrons. The van der Waals surface area contributed by atoms with Crippen molar-refractivity contribution in [2.24, 2.45) is 0 Å². The van der Waals surface area contributed by atoms with Gasteiger partial charge in [-0.25, -0.2) is 0 Å². The summed E-state index contributed by atoms with van der Waals surface area (Å²) in [5.41, 5.74) is 0. The van der Waals surface area contributed by atoms with E-state index in [1.807, 2.05) is 0 Å². The van der Waals surface area contributed by atoms with Crippen molar-refractivity contribution in [1.82, 2.24) is 0 Å². The SMILES string of the molecule is CC1(C)OC[C@H]([C@H](O)[C@H](O)CO)O1. The zero-order valence-corrected chi connectivity index (χ0v) is 7.80. The monoisotopic (exact) mass is 192 g/mol. The van der Waals surface area contributed by atoms with Gasteiger partial charge >= 0.3 is 0 Å². The molecule has 0 aromatic carbocycles. The van der Waals surface area contributed by atoms with Crippen molar-refractivity contribution in [3.8, 4) is 0 Å². The first-order chi connectivity index (χ1) is 5.96. The minimum atomic E-state index is -1.18. The number of rotatable bonds is 3. The summed E-state index contributed by atoms with van der Waals surface area (Å²) < 4.78 is 10.5. The van der Waals surface area contributed by atoms with Crippen LogP contribution in [0.3, 0.4) is 0 Å². The zero-order valence-electron chi connectivity index (χ0n) is 7.80. The van der Waals surface area contributed by atoms with Gasteiger partial charge in [0.1, 0.15) is 18.3 Å². The second kappa shape index (κ2) is 3.89. The van der Waals surface area contributed by atoms with Gasteiger partial charge in [-0.05, 0) is 13.8 Å². The molecule has 1 rings (SSSR count). The highest BCUT2D eigenvalue weighted by atomic mass is 16.7. The van der Waals surface area contributed by atoms with Gasteiger partial charge in [-0.15, -0.1) is 0 Å². The Bertz CT molecular complexity index is 170. The second-order valence-electron chi connectivity index (χ2n) is 3.61. The number of hydrogen-bond donors (Lipinski definition) is 3. The lowest BCUT2D eigenvalue weighted by atomic mass is 10.1. The van der Waals surface area contributed by atoms with Crippen molar-refractivity contribution >= 4 is 0 Å². The highest BCUT2D eigenvalue weighted by molar-refractivity contribution is 4.81. The molecule has 0 aromatic rings. The van der Waals surface area contributed by atoms with Crippen molar-refractivity contribution in [2.45, 2.75) is 37.9 Å². The molecule has 0 radical (unpaired) electrons. The van der Waals surface area contributed by atoms with E-state index in [0.717, 1.165) is 0 Å². The van der Waals surface area contributed by atoms with Crippen molar-refractivity contribution in [1.29, 1.82) is 0 Å². The molecule has 0 aromatic heterocycles. The smallest absolute Gasteiger partial charge is 0.163 e. The molecule has 5 heteroatoms. The van der Waals surface area contributed by atoms with E-state index in [4.69, 9.17) is 19.7 Å². The van der Waals surface area contributed by atoms with Gasteiger partial charge in [0.25, 0.3) is 0 Å². The van der Waals surface area contributed by atoms with Crippen LogP contribution in [0, 0.1) is 0 Å². The van der Waals surface area contributed by atoms with E-state index < -0.39 is 30.7 Å². The molecule has 1 heterocycles. The molecule has 0 spiro atoms. The van der Waals surface area contributed by atoms with Gasteiger partial charge in [0.2, 0.25) is 0 Å². The molecule has 5 nitrogen and oxygen atoms in total. The molecule has 0 bridgehead atoms. The van der Waals surface area contributed by atoms with Crippen molar-refractivity contribution in [3.63, 3.8) is 0 Å². The number of ether oxygens (including phenoxy) is 2. The van der Waals surface area contributed by atoms with Crippen LogP contribution in [0.4, 0.5) is 0 Å². The highest BCUT2D eigenvalue weighted by Crippen LogP contribution is 2.24. The van der Waals surface area contributed by atoms with Crippen molar-refractivity contribution < 1.29 is 24.8 Å². The molecule has 1 aliphatic heterocycles. The van der Waals surface area contributed by atoms with Gasteiger partial charge < -0.3 is 24.8 Å². The predicted octanol–water partition coefficient (Wildman–Crippen LogP) is -1.15. The highest BCUT2D eigenvalue weighted by Gasteiger charge is 2.39. The van der Waals surface area contributed by atoms with Crippen LogP contribution in [-0.2, 0) is 9.47 Å². The Morgan fingerprint density at radius 1 is 1.46 bits per heavy atom. The van der Waals surface area contributed by atoms with Crippen LogP contribution in [0.2, 0.25) is 0 Å². The van der Waals surface area contributed by atoms with Crippen LogP contribution in [0.1, 0.15) is 13.8 Å². The lowest BCUT2D eigenvalue weighted by molar-refractivity contribution is -0.162. The lowest BCUT2D eigenvalue weighted by Crippen LogP contribution is -2.41. The standard InChI is InChI=1S/C8H16O5/c1-8(2)12-4-6(13-8)7(11)5(10)3-9/h5-7,9-11H,3-4H2,1-2H3/t5-,6-,7-/m1/s1. The summed E-state index contributed by atoms with van der Waals surface area (Å²) in [4.78, 5) is 0. The minimum absolute atomic E-state index is 0.227. The summed E-state index contributed by atoms with van der Waals surface area (Å²) >= 11 is 0. The molecule has 1 fully saturated rings. The van der Waals surface area contributed by atoms with E-state index in [1.165, 1.54) is 0 Å². The van der Waals surface area contributed by atoms with Gasteiger partial charge in [0.05, 0.1) is 13.2 Å². The van der Waals surface area contributed by atoms with Gasteiger partial charge in [-0.2, -0.15) is 0 Å². The molecule has 3 N–H and O–H groups in total. The number of aliphatic hydroxyl groups excluding tert-OH is 3. The molecule has 0 saturated carbocycles. The van der Waals surface area contributed by atoms with Gasteiger partial charge in [0, 0.05) is 0 Å². The van der Waals surface area contributed by atoms with E-state index in [9.17, 15) is 5.11 Å². The molecule has 1 aliphatic rings. The van der Waals surface area contributed by atoms with Crippen LogP contribution in [-0.4, -0.2) is 52.6 Å². The van der Waals surface area contributed by atoms with Crippen LogP contribution in [0.15, 0.2) is 0 Å². The van der Waals surface area contributed by atoms with E-state index >= 15 is 0 Å². The average Bonchev–Trinajstić information content (AvgIpc) is 2.43. The van der Waals surface area contributed by atoms with E-state index in [1.54, 1.807) is 13.8 Å². The summed E-state index contributed by atoms with van der Waals surface area (Å²) in [7, 11) is 0. The van der Waals surface area contributed by atoms with Crippen molar-refractivity contribution in [3.05, 3.63) is 0 Å². The van der Waals surface area contributed by atoms with Gasteiger partial charge in [-0.1, -0.05) is 0 Å². The average molecular weight is 192 g/mol. The summed E-state index contributed by atoms with van der Waals surface area (Å²) in [6.45, 7) is 3.20. The van der Waals surface area contributed by atoms with Crippen LogP contribution < -0.4 is 0 Å². The Labute approximate surface area is 76.9 Å². The van der Waals surface area contributed by atoms with Crippen LogP contribution in [0.5, 0.6) is 0 Å². The Hall–Kier alpha value is -0.200. The Balaban J connectivity index is 2.46. The predicted molar refractivity (Wildman–Crippen MR) is 44.0 cm³/mol. The summed E-state index contributed by atoms with van der Waals surface area (Å²) in [5, 5.41) is 27.1. The molecule has 0 amide bonds. The molecule has 3 atom stereocenters. The normalized spacial score (nSPS) is 31.6. The van der Waals surface area contributed by atoms with E-state index in [-0.39, 0.29) is 6.61 Å². The van der Waals surface area contributed by atoms with Gasteiger partial charge in [-0.3, -0.25) is 0 Å². The summed E-state index contributed by atoms with van der Waals surface area (Å²) in [6.07, 6.45) is -2.86. The Morgan fingerprint density at radius 3 is 2.46 bits per heavy atom. The topological polar surface area (TPSA) is 79.2 Å². The molecule has 1 saturated heterocycles. The largest absolute Gasteiger partial charge is 0.394 e. The van der Waals surface area contributed by atoms with E-state index in [2.05, 4.69) is 0 Å². The quantitative estimate of drug-likeness (QED) is 0.526. The third-order valence-corrected chi connectivity index (χ3v) is 1.99. The maximum atomic E-state index is 9.43. The number of aliphatic hydroxyl groups is 3. The first-order valence-electron chi connectivity index (χ1n) is 4.25. The first-order valence-corrected chi connectivity index (χ1v) is 4.25.